The summed E-state index contributed by atoms with van der Waals surface area (Å²) in [4.78, 5) is 11.9. The van der Waals surface area contributed by atoms with Crippen LogP contribution in [0.1, 0.15) is 30.7 Å². The van der Waals surface area contributed by atoms with Gasteiger partial charge < -0.3 is 10.1 Å². The molecular weight excluding hydrogens is 233 g/mol. The third-order valence-electron chi connectivity index (χ3n) is 3.41. The summed E-state index contributed by atoms with van der Waals surface area (Å²) in [6.45, 7) is 0.896. The topological polar surface area (TPSA) is 38.3 Å². The molecule has 2 rings (SSSR count). The first-order valence-electron chi connectivity index (χ1n) is 6.29. The van der Waals surface area contributed by atoms with E-state index in [1.807, 2.05) is 0 Å². The van der Waals surface area contributed by atoms with E-state index in [1.165, 1.54) is 19.2 Å². The summed E-state index contributed by atoms with van der Waals surface area (Å²) < 4.78 is 18.1. The summed E-state index contributed by atoms with van der Waals surface area (Å²) in [6.07, 6.45) is 3.12. The summed E-state index contributed by atoms with van der Waals surface area (Å²) in [5.74, 6) is -1.05. The highest BCUT2D eigenvalue weighted by atomic mass is 19.1. The number of rotatable bonds is 3. The lowest BCUT2D eigenvalue weighted by atomic mass is 9.86. The molecule has 0 amide bonds. The normalized spacial score (nSPS) is 21.3. The van der Waals surface area contributed by atoms with Crippen LogP contribution in [0.2, 0.25) is 0 Å². The molecule has 0 aliphatic carbocycles. The molecule has 2 atom stereocenters. The van der Waals surface area contributed by atoms with Gasteiger partial charge in [0.05, 0.1) is 13.0 Å². The fourth-order valence-electron chi connectivity index (χ4n) is 2.52. The number of esters is 1. The predicted molar refractivity (Wildman–Crippen MR) is 66.8 cm³/mol. The molecule has 3 nitrogen and oxygen atoms in total. The van der Waals surface area contributed by atoms with Gasteiger partial charge in [-0.15, -0.1) is 0 Å². The van der Waals surface area contributed by atoms with Crippen molar-refractivity contribution in [2.75, 3.05) is 13.7 Å². The Morgan fingerprint density at radius 3 is 2.94 bits per heavy atom. The van der Waals surface area contributed by atoms with Gasteiger partial charge in [-0.25, -0.2) is 4.39 Å². The molecular formula is C14H18FNO2. The van der Waals surface area contributed by atoms with Crippen LogP contribution in [0, 0.1) is 5.82 Å². The first-order valence-corrected chi connectivity index (χ1v) is 6.29. The van der Waals surface area contributed by atoms with Crippen molar-refractivity contribution >= 4 is 5.97 Å². The van der Waals surface area contributed by atoms with Crippen LogP contribution in [0.15, 0.2) is 24.3 Å². The quantitative estimate of drug-likeness (QED) is 0.837. The zero-order chi connectivity index (χ0) is 13.0. The van der Waals surface area contributed by atoms with Crippen molar-refractivity contribution in [1.82, 2.24) is 5.32 Å². The lowest BCUT2D eigenvalue weighted by molar-refractivity contribution is -0.143. The Kier molecular flexibility index (Phi) is 4.31. The van der Waals surface area contributed by atoms with Crippen LogP contribution < -0.4 is 5.32 Å². The van der Waals surface area contributed by atoms with E-state index in [4.69, 9.17) is 4.74 Å². The van der Waals surface area contributed by atoms with Crippen molar-refractivity contribution in [2.45, 2.75) is 31.2 Å². The number of methoxy groups -OCH3 is 1. The minimum absolute atomic E-state index is 0.0352. The molecule has 0 spiro atoms. The molecule has 1 N–H and O–H groups in total. The average Bonchev–Trinajstić information content (AvgIpc) is 2.40. The van der Waals surface area contributed by atoms with Gasteiger partial charge in [0.25, 0.3) is 0 Å². The molecule has 1 saturated heterocycles. The largest absolute Gasteiger partial charge is 0.469 e. The molecule has 98 valence electrons. The predicted octanol–water partition coefficient (Wildman–Crippen LogP) is 2.22. The van der Waals surface area contributed by atoms with Gasteiger partial charge in [-0.1, -0.05) is 18.6 Å². The minimum Gasteiger partial charge on any atom is -0.469 e. The van der Waals surface area contributed by atoms with Gasteiger partial charge in [-0.05, 0) is 37.1 Å². The van der Waals surface area contributed by atoms with Crippen molar-refractivity contribution in [1.29, 1.82) is 0 Å². The molecule has 4 heteroatoms. The van der Waals surface area contributed by atoms with Crippen molar-refractivity contribution in [2.24, 2.45) is 0 Å². The second-order valence-corrected chi connectivity index (χ2v) is 4.61. The minimum atomic E-state index is -0.425. The zero-order valence-electron chi connectivity index (χ0n) is 10.5. The Morgan fingerprint density at radius 2 is 2.33 bits per heavy atom. The van der Waals surface area contributed by atoms with E-state index in [2.05, 4.69) is 5.32 Å². The number of carbonyl (C=O) groups excluding carboxylic acids is 1. The first kappa shape index (κ1) is 13.0. The summed E-state index contributed by atoms with van der Waals surface area (Å²) in [5.41, 5.74) is 0.682. The van der Waals surface area contributed by atoms with Crippen LogP contribution in [-0.2, 0) is 9.53 Å². The number of nitrogens with one attached hydrogen (secondary N) is 1. The van der Waals surface area contributed by atoms with Crippen LogP contribution in [0.4, 0.5) is 4.39 Å². The maximum atomic E-state index is 13.3. The van der Waals surface area contributed by atoms with Crippen molar-refractivity contribution in [3.8, 4) is 0 Å². The van der Waals surface area contributed by atoms with Gasteiger partial charge in [0.15, 0.2) is 0 Å². The van der Waals surface area contributed by atoms with Gasteiger partial charge in [-0.3, -0.25) is 4.79 Å². The lowest BCUT2D eigenvalue weighted by Crippen LogP contribution is -2.42. The number of carbonyl (C=O) groups is 1. The van der Waals surface area contributed by atoms with E-state index in [0.29, 0.717) is 5.56 Å². The molecule has 1 aromatic carbocycles. The zero-order valence-corrected chi connectivity index (χ0v) is 10.5. The molecule has 1 aromatic rings. The van der Waals surface area contributed by atoms with E-state index in [9.17, 15) is 9.18 Å². The Balaban J connectivity index is 2.26. The van der Waals surface area contributed by atoms with Crippen molar-refractivity contribution < 1.29 is 13.9 Å². The fraction of sp³-hybridized carbons (Fsp3) is 0.500. The number of benzene rings is 1. The highest BCUT2D eigenvalue weighted by molar-refractivity contribution is 5.79. The van der Waals surface area contributed by atoms with Crippen LogP contribution in [0.5, 0.6) is 0 Å². The van der Waals surface area contributed by atoms with E-state index in [0.717, 1.165) is 25.8 Å². The molecule has 0 unspecified atom stereocenters. The van der Waals surface area contributed by atoms with Crippen molar-refractivity contribution in [3.63, 3.8) is 0 Å². The van der Waals surface area contributed by atoms with Crippen LogP contribution in [-0.4, -0.2) is 25.7 Å². The molecule has 0 radical (unpaired) electrons. The number of hydrogen-bond donors (Lipinski definition) is 1. The van der Waals surface area contributed by atoms with E-state index in [-0.39, 0.29) is 17.8 Å². The smallest absolute Gasteiger partial charge is 0.314 e. The molecule has 1 fully saturated rings. The number of piperidine rings is 1. The molecule has 1 aliphatic heterocycles. The summed E-state index contributed by atoms with van der Waals surface area (Å²) in [6, 6.07) is 6.24. The summed E-state index contributed by atoms with van der Waals surface area (Å²) in [5, 5.41) is 3.33. The Hall–Kier alpha value is -1.42. The summed E-state index contributed by atoms with van der Waals surface area (Å²) in [7, 11) is 1.37. The second-order valence-electron chi connectivity index (χ2n) is 4.61. The average molecular weight is 251 g/mol. The molecule has 0 saturated carbocycles. The third-order valence-corrected chi connectivity index (χ3v) is 3.41. The SMILES string of the molecule is COC(=O)[C@H](c1cccc(F)c1)[C@H]1CCCCN1. The highest BCUT2D eigenvalue weighted by Gasteiger charge is 2.31. The number of ether oxygens (including phenoxy) is 1. The van der Waals surface area contributed by atoms with Crippen LogP contribution in [0.3, 0.4) is 0 Å². The Bertz CT molecular complexity index is 416. The fourth-order valence-corrected chi connectivity index (χ4v) is 2.52. The highest BCUT2D eigenvalue weighted by Crippen LogP contribution is 2.27. The third kappa shape index (κ3) is 2.88. The maximum Gasteiger partial charge on any atom is 0.314 e. The summed E-state index contributed by atoms with van der Waals surface area (Å²) >= 11 is 0. The molecule has 1 aliphatic rings. The monoisotopic (exact) mass is 251 g/mol. The molecule has 0 bridgehead atoms. The van der Waals surface area contributed by atoms with Crippen LogP contribution >= 0.6 is 0 Å². The molecule has 0 aromatic heterocycles. The van der Waals surface area contributed by atoms with E-state index in [1.54, 1.807) is 12.1 Å². The van der Waals surface area contributed by atoms with Gasteiger partial charge in [0, 0.05) is 6.04 Å². The Labute approximate surface area is 106 Å². The molecule has 1 heterocycles. The van der Waals surface area contributed by atoms with Gasteiger partial charge in [0.1, 0.15) is 5.82 Å². The second kappa shape index (κ2) is 5.96. The molecule has 18 heavy (non-hydrogen) atoms. The van der Waals surface area contributed by atoms with Gasteiger partial charge in [-0.2, -0.15) is 0 Å². The Morgan fingerprint density at radius 1 is 1.50 bits per heavy atom. The standard InChI is InChI=1S/C14H18FNO2/c1-18-14(17)13(12-7-2-3-8-16-12)10-5-4-6-11(15)9-10/h4-6,9,12-13,16H,2-3,7-8H2,1H3/t12-,13-/m1/s1. The maximum absolute atomic E-state index is 13.3. The van der Waals surface area contributed by atoms with Crippen LogP contribution in [0.25, 0.3) is 0 Å². The van der Waals surface area contributed by atoms with E-state index >= 15 is 0 Å². The van der Waals surface area contributed by atoms with Crippen molar-refractivity contribution in [3.05, 3.63) is 35.6 Å². The van der Waals surface area contributed by atoms with Gasteiger partial charge >= 0.3 is 5.97 Å². The number of halogens is 1. The van der Waals surface area contributed by atoms with Gasteiger partial charge in [0.2, 0.25) is 0 Å². The van der Waals surface area contributed by atoms with E-state index < -0.39 is 5.92 Å². The first-order chi connectivity index (χ1) is 8.72. The number of hydrogen-bond acceptors (Lipinski definition) is 3. The lowest BCUT2D eigenvalue weighted by Gasteiger charge is -2.30.